The Morgan fingerprint density at radius 2 is 2.12 bits per heavy atom. The number of nitrogens with zero attached hydrogens (tertiary/aromatic N) is 2. The monoisotopic (exact) mass is 596 g/mol. The molecule has 0 bridgehead atoms. The first-order valence-electron chi connectivity index (χ1n) is 12.7. The molecule has 2 N–H and O–H groups in total. The molecular formula is C29H26ClFN4O5S. The zero-order valence-electron chi connectivity index (χ0n) is 22.0. The molecule has 12 heteroatoms. The van der Waals surface area contributed by atoms with Crippen molar-refractivity contribution < 1.29 is 28.1 Å². The fraction of sp³-hybridized carbons (Fsp3) is 0.276. The Morgan fingerprint density at radius 1 is 1.22 bits per heavy atom. The van der Waals surface area contributed by atoms with Crippen molar-refractivity contribution in [2.24, 2.45) is 0 Å². The zero-order chi connectivity index (χ0) is 28.6. The number of rotatable bonds is 9. The van der Waals surface area contributed by atoms with Gasteiger partial charge in [-0.25, -0.2) is 19.2 Å². The maximum Gasteiger partial charge on any atom is 0.508 e. The van der Waals surface area contributed by atoms with E-state index in [4.69, 9.17) is 30.5 Å². The number of thiophene rings is 1. The van der Waals surface area contributed by atoms with Gasteiger partial charge in [-0.1, -0.05) is 35.6 Å². The van der Waals surface area contributed by atoms with Gasteiger partial charge < -0.3 is 24.3 Å². The van der Waals surface area contributed by atoms with Crippen LogP contribution in [0.5, 0.6) is 5.75 Å². The first-order chi connectivity index (χ1) is 20.0. The molecular weight excluding hydrogens is 571 g/mol. The Hall–Kier alpha value is -3.95. The molecule has 1 aliphatic rings. The van der Waals surface area contributed by atoms with E-state index in [0.717, 1.165) is 20.8 Å². The molecule has 2 aromatic heterocycles. The molecule has 3 heterocycles. The first kappa shape index (κ1) is 28.6. The number of hydrogen-bond donors (Lipinski definition) is 2. The lowest BCUT2D eigenvalue weighted by molar-refractivity contribution is 0.0159. The van der Waals surface area contributed by atoms with Gasteiger partial charge in [0, 0.05) is 25.8 Å². The molecule has 1 aliphatic heterocycles. The lowest BCUT2D eigenvalue weighted by atomic mass is 10.2. The van der Waals surface area contributed by atoms with Crippen LogP contribution >= 0.6 is 22.9 Å². The average Bonchev–Trinajstić information content (AvgIpc) is 3.59. The Labute approximate surface area is 244 Å². The fourth-order valence-electron chi connectivity index (χ4n) is 4.06. The third-order valence-electron chi connectivity index (χ3n) is 6.02. The summed E-state index contributed by atoms with van der Waals surface area (Å²) in [5.74, 6) is 7.18. The van der Waals surface area contributed by atoms with Gasteiger partial charge in [0.15, 0.2) is 5.82 Å². The van der Waals surface area contributed by atoms with E-state index < -0.39 is 6.16 Å². The van der Waals surface area contributed by atoms with Gasteiger partial charge in [0.1, 0.15) is 37.2 Å². The molecule has 0 radical (unpaired) electrons. The minimum Gasteiger partial charge on any atom is -0.487 e. The Morgan fingerprint density at radius 3 is 2.95 bits per heavy atom. The van der Waals surface area contributed by atoms with Gasteiger partial charge in [0.25, 0.3) is 0 Å². The molecule has 9 nitrogen and oxygen atoms in total. The average molecular weight is 597 g/mol. The van der Waals surface area contributed by atoms with Crippen molar-refractivity contribution in [3.05, 3.63) is 76.1 Å². The lowest BCUT2D eigenvalue weighted by Gasteiger charge is -2.11. The molecule has 41 heavy (non-hydrogen) atoms. The molecule has 1 saturated heterocycles. The smallest absolute Gasteiger partial charge is 0.487 e. The second-order valence-corrected chi connectivity index (χ2v) is 10.5. The molecule has 2 atom stereocenters. The van der Waals surface area contributed by atoms with Gasteiger partial charge in [0.05, 0.1) is 32.8 Å². The number of methoxy groups -OCH3 is 1. The number of carbonyl (C=O) groups is 1. The van der Waals surface area contributed by atoms with Crippen LogP contribution in [0.25, 0.3) is 10.2 Å². The summed E-state index contributed by atoms with van der Waals surface area (Å²) in [7, 11) is 1.53. The summed E-state index contributed by atoms with van der Waals surface area (Å²) >= 11 is 7.92. The predicted octanol–water partition coefficient (Wildman–Crippen LogP) is 5.69. The quantitative estimate of drug-likeness (QED) is 0.143. The van der Waals surface area contributed by atoms with Gasteiger partial charge in [-0.15, -0.1) is 11.3 Å². The standard InChI is InChI=1S/C29H26ClFN4O5S/c1-37-9-10-38-29(36)40-22-12-20(32-15-22)5-7-23-14-25-27(41-23)28(34-17-33-25)35-21-6-8-26(24(30)13-21)39-16-18-3-2-4-19(31)11-18/h2-4,6,8,11,13-14,17,20,22,32H,9-10,12,15-16H2,1H3,(H,33,34,35)/t20-,22-/m1/s1. The highest BCUT2D eigenvalue weighted by molar-refractivity contribution is 7.20. The minimum absolute atomic E-state index is 0.121. The van der Waals surface area contributed by atoms with Crippen LogP contribution in [-0.2, 0) is 20.8 Å². The Bertz CT molecular complexity index is 1590. The molecule has 0 aliphatic carbocycles. The van der Waals surface area contributed by atoms with E-state index in [2.05, 4.69) is 32.4 Å². The summed E-state index contributed by atoms with van der Waals surface area (Å²) in [4.78, 5) is 21.3. The van der Waals surface area contributed by atoms with Crippen LogP contribution in [0.15, 0.2) is 54.9 Å². The molecule has 2 aromatic carbocycles. The van der Waals surface area contributed by atoms with Crippen molar-refractivity contribution in [3.63, 3.8) is 0 Å². The highest BCUT2D eigenvalue weighted by Gasteiger charge is 2.26. The summed E-state index contributed by atoms with van der Waals surface area (Å²) in [5, 5.41) is 6.95. The summed E-state index contributed by atoms with van der Waals surface area (Å²) < 4.78 is 35.1. The topological polar surface area (TPSA) is 104 Å². The van der Waals surface area contributed by atoms with E-state index >= 15 is 0 Å². The Kier molecular flexibility index (Phi) is 9.48. The molecule has 4 aromatic rings. The normalized spacial score (nSPS) is 16.2. The van der Waals surface area contributed by atoms with Crippen LogP contribution in [0, 0.1) is 17.7 Å². The van der Waals surface area contributed by atoms with E-state index in [-0.39, 0.29) is 31.2 Å². The molecule has 0 amide bonds. The molecule has 0 spiro atoms. The molecule has 0 unspecified atom stereocenters. The summed E-state index contributed by atoms with van der Waals surface area (Å²) in [5.41, 5.74) is 2.19. The van der Waals surface area contributed by atoms with Crippen LogP contribution in [-0.4, -0.2) is 55.1 Å². The third kappa shape index (κ3) is 7.83. The van der Waals surface area contributed by atoms with Crippen molar-refractivity contribution >= 4 is 50.8 Å². The maximum atomic E-state index is 13.4. The SMILES string of the molecule is COCCOC(=O)O[C@H]1CN[C@H](C#Cc2cc3ncnc(Nc4ccc(OCc5cccc(F)c5)c(Cl)c4)c3s2)C1. The van der Waals surface area contributed by atoms with Crippen molar-refractivity contribution in [3.8, 4) is 17.6 Å². The second kappa shape index (κ2) is 13.6. The lowest BCUT2D eigenvalue weighted by Crippen LogP contribution is -2.22. The largest absolute Gasteiger partial charge is 0.508 e. The number of halogens is 2. The number of carbonyl (C=O) groups excluding carboxylic acids is 1. The maximum absolute atomic E-state index is 13.4. The zero-order valence-corrected chi connectivity index (χ0v) is 23.6. The molecule has 212 valence electrons. The summed E-state index contributed by atoms with van der Waals surface area (Å²) in [6.45, 7) is 1.16. The second-order valence-electron chi connectivity index (χ2n) is 9.03. The molecule has 0 saturated carbocycles. The number of aromatic nitrogens is 2. The van der Waals surface area contributed by atoms with Gasteiger partial charge in [0.2, 0.25) is 0 Å². The number of hydrogen-bond acceptors (Lipinski definition) is 10. The van der Waals surface area contributed by atoms with E-state index in [1.807, 2.05) is 12.1 Å². The van der Waals surface area contributed by atoms with Crippen LogP contribution in [0.2, 0.25) is 5.02 Å². The van der Waals surface area contributed by atoms with Crippen LogP contribution in [0.1, 0.15) is 16.9 Å². The summed E-state index contributed by atoms with van der Waals surface area (Å²) in [6, 6.07) is 13.3. The summed E-state index contributed by atoms with van der Waals surface area (Å²) in [6.07, 6.45) is 1.03. The molecule has 1 fully saturated rings. The van der Waals surface area contributed by atoms with Crippen LogP contribution in [0.3, 0.4) is 0 Å². The van der Waals surface area contributed by atoms with Crippen molar-refractivity contribution in [1.82, 2.24) is 15.3 Å². The predicted molar refractivity (Wildman–Crippen MR) is 154 cm³/mol. The highest BCUT2D eigenvalue weighted by atomic mass is 35.5. The van der Waals surface area contributed by atoms with Gasteiger partial charge in [-0.05, 0) is 42.0 Å². The molecule has 5 rings (SSSR count). The van der Waals surface area contributed by atoms with Crippen LogP contribution < -0.4 is 15.4 Å². The van der Waals surface area contributed by atoms with E-state index in [9.17, 15) is 9.18 Å². The van der Waals surface area contributed by atoms with Crippen molar-refractivity contribution in [2.75, 3.05) is 32.2 Å². The fourth-order valence-corrected chi connectivity index (χ4v) is 5.22. The number of nitrogens with one attached hydrogen (secondary N) is 2. The van der Waals surface area contributed by atoms with Gasteiger partial charge >= 0.3 is 6.16 Å². The number of fused-ring (bicyclic) bond motifs is 1. The third-order valence-corrected chi connectivity index (χ3v) is 7.36. The minimum atomic E-state index is -0.710. The first-order valence-corrected chi connectivity index (χ1v) is 13.9. The van der Waals surface area contributed by atoms with Gasteiger partial charge in [-0.2, -0.15) is 0 Å². The van der Waals surface area contributed by atoms with Crippen molar-refractivity contribution in [2.45, 2.75) is 25.2 Å². The van der Waals surface area contributed by atoms with Crippen LogP contribution in [0.4, 0.5) is 20.7 Å². The van der Waals surface area contributed by atoms with E-state index in [0.29, 0.717) is 41.7 Å². The highest BCUT2D eigenvalue weighted by Crippen LogP contribution is 2.33. The van der Waals surface area contributed by atoms with Crippen molar-refractivity contribution in [1.29, 1.82) is 0 Å². The van der Waals surface area contributed by atoms with E-state index in [1.165, 1.54) is 36.9 Å². The van der Waals surface area contributed by atoms with E-state index in [1.54, 1.807) is 24.3 Å². The Balaban J connectivity index is 1.20. The number of benzene rings is 2. The van der Waals surface area contributed by atoms with Gasteiger partial charge in [-0.3, -0.25) is 5.32 Å². The number of ether oxygens (including phenoxy) is 4. The number of anilines is 2.